The van der Waals surface area contributed by atoms with Crippen molar-refractivity contribution in [3.63, 3.8) is 0 Å². The predicted octanol–water partition coefficient (Wildman–Crippen LogP) is 2.63. The lowest BCUT2D eigenvalue weighted by Crippen LogP contribution is -2.13. The van der Waals surface area contributed by atoms with Gasteiger partial charge in [-0.1, -0.05) is 6.07 Å². The average Bonchev–Trinajstić information content (AvgIpc) is 2.22. The number of hydrogen-bond donors (Lipinski definition) is 2. The molecule has 0 heterocycles. The lowest BCUT2D eigenvalue weighted by Gasteiger charge is -2.17. The maximum absolute atomic E-state index is 6.08. The second-order valence-electron chi connectivity index (χ2n) is 3.73. The number of rotatable bonds is 4. The third-order valence-electron chi connectivity index (χ3n) is 2.84. The fourth-order valence-electron chi connectivity index (χ4n) is 1.73. The molecule has 2 N–H and O–H groups in total. The normalized spacial score (nSPS) is 12.6. The third-order valence-corrected chi connectivity index (χ3v) is 3.10. The second-order valence-corrected chi connectivity index (χ2v) is 4.17. The van der Waals surface area contributed by atoms with E-state index in [-0.39, 0.29) is 6.04 Å². The highest BCUT2D eigenvalue weighted by Gasteiger charge is 2.11. The van der Waals surface area contributed by atoms with E-state index in [1.807, 2.05) is 6.07 Å². The van der Waals surface area contributed by atoms with Gasteiger partial charge in [0.05, 0.1) is 7.11 Å². The van der Waals surface area contributed by atoms with Crippen LogP contribution in [0.1, 0.15) is 29.2 Å². The van der Waals surface area contributed by atoms with E-state index in [0.717, 1.165) is 17.9 Å². The summed E-state index contributed by atoms with van der Waals surface area (Å²) in [6, 6.07) is 4.11. The first kappa shape index (κ1) is 12.4. The Bertz CT molecular complexity index is 339. The Morgan fingerprint density at radius 3 is 2.53 bits per heavy atom. The molecule has 0 radical (unpaired) electrons. The molecule has 15 heavy (non-hydrogen) atoms. The highest BCUT2D eigenvalue weighted by atomic mass is 32.1. The molecule has 1 unspecified atom stereocenters. The molecule has 1 aromatic carbocycles. The number of ether oxygens (including phenoxy) is 1. The van der Waals surface area contributed by atoms with E-state index in [4.69, 9.17) is 10.5 Å². The fraction of sp³-hybridized carbons (Fsp3) is 0.500. The molecule has 0 bridgehead atoms. The van der Waals surface area contributed by atoms with Crippen molar-refractivity contribution in [2.75, 3.05) is 12.9 Å². The van der Waals surface area contributed by atoms with Crippen LogP contribution in [0, 0.1) is 13.8 Å². The summed E-state index contributed by atoms with van der Waals surface area (Å²) in [5.74, 6) is 1.74. The maximum atomic E-state index is 6.08. The molecule has 0 aliphatic rings. The Labute approximate surface area is 97.2 Å². The van der Waals surface area contributed by atoms with Gasteiger partial charge in [0.25, 0.3) is 0 Å². The van der Waals surface area contributed by atoms with Gasteiger partial charge in [-0.3, -0.25) is 0 Å². The molecule has 1 atom stereocenters. The van der Waals surface area contributed by atoms with Crippen LogP contribution >= 0.6 is 12.6 Å². The van der Waals surface area contributed by atoms with Crippen LogP contribution in [0.25, 0.3) is 0 Å². The van der Waals surface area contributed by atoms with E-state index in [2.05, 4.69) is 32.5 Å². The molecule has 0 saturated heterocycles. The van der Waals surface area contributed by atoms with Crippen molar-refractivity contribution in [2.45, 2.75) is 26.3 Å². The van der Waals surface area contributed by atoms with E-state index in [1.54, 1.807) is 7.11 Å². The van der Waals surface area contributed by atoms with Crippen molar-refractivity contribution >= 4 is 12.6 Å². The Kier molecular flexibility index (Phi) is 4.48. The van der Waals surface area contributed by atoms with E-state index < -0.39 is 0 Å². The standard InChI is InChI=1S/C12H19NOS/c1-8-9(2)12(14-3)5-4-10(8)11(13)6-7-15/h4-5,11,15H,6-7,13H2,1-3H3. The summed E-state index contributed by atoms with van der Waals surface area (Å²) in [5.41, 5.74) is 9.67. The van der Waals surface area contributed by atoms with Gasteiger partial charge in [-0.05, 0) is 48.8 Å². The summed E-state index contributed by atoms with van der Waals surface area (Å²) in [4.78, 5) is 0. The van der Waals surface area contributed by atoms with Crippen molar-refractivity contribution in [2.24, 2.45) is 5.73 Å². The number of hydrogen-bond acceptors (Lipinski definition) is 3. The zero-order chi connectivity index (χ0) is 11.4. The van der Waals surface area contributed by atoms with Crippen molar-refractivity contribution in [1.82, 2.24) is 0 Å². The smallest absolute Gasteiger partial charge is 0.122 e. The summed E-state index contributed by atoms with van der Waals surface area (Å²) in [5, 5.41) is 0. The summed E-state index contributed by atoms with van der Waals surface area (Å²) in [7, 11) is 1.69. The molecule has 0 amide bonds. The molecule has 0 aliphatic carbocycles. The van der Waals surface area contributed by atoms with E-state index in [1.165, 1.54) is 16.7 Å². The molecule has 0 aliphatic heterocycles. The van der Waals surface area contributed by atoms with Gasteiger partial charge < -0.3 is 10.5 Å². The van der Waals surface area contributed by atoms with Gasteiger partial charge >= 0.3 is 0 Å². The quantitative estimate of drug-likeness (QED) is 0.773. The lowest BCUT2D eigenvalue weighted by molar-refractivity contribution is 0.411. The molecule has 1 aromatic rings. The van der Waals surface area contributed by atoms with Gasteiger partial charge in [-0.2, -0.15) is 12.6 Å². The molecular weight excluding hydrogens is 206 g/mol. The Morgan fingerprint density at radius 1 is 1.33 bits per heavy atom. The highest BCUT2D eigenvalue weighted by Crippen LogP contribution is 2.28. The minimum atomic E-state index is 0.0760. The predicted molar refractivity (Wildman–Crippen MR) is 67.9 cm³/mol. The molecule has 2 nitrogen and oxygen atoms in total. The van der Waals surface area contributed by atoms with Crippen molar-refractivity contribution < 1.29 is 4.74 Å². The van der Waals surface area contributed by atoms with Crippen LogP contribution in [0.3, 0.4) is 0 Å². The molecule has 0 saturated carbocycles. The number of methoxy groups -OCH3 is 1. The molecule has 0 aromatic heterocycles. The summed E-state index contributed by atoms with van der Waals surface area (Å²) < 4.78 is 5.26. The summed E-state index contributed by atoms with van der Waals surface area (Å²) in [6.45, 7) is 4.15. The first-order chi connectivity index (χ1) is 7.11. The topological polar surface area (TPSA) is 35.2 Å². The fourth-order valence-corrected chi connectivity index (χ4v) is 2.01. The van der Waals surface area contributed by atoms with Gasteiger partial charge in [0, 0.05) is 6.04 Å². The summed E-state index contributed by atoms with van der Waals surface area (Å²) in [6.07, 6.45) is 0.899. The Morgan fingerprint density at radius 2 is 2.00 bits per heavy atom. The van der Waals surface area contributed by atoms with Gasteiger partial charge in [-0.15, -0.1) is 0 Å². The Hall–Kier alpha value is -0.670. The first-order valence-electron chi connectivity index (χ1n) is 5.12. The first-order valence-corrected chi connectivity index (χ1v) is 5.75. The summed E-state index contributed by atoms with van der Waals surface area (Å²) >= 11 is 4.20. The molecule has 1 rings (SSSR count). The van der Waals surface area contributed by atoms with Crippen LogP contribution in [-0.2, 0) is 0 Å². The van der Waals surface area contributed by atoms with E-state index >= 15 is 0 Å². The minimum absolute atomic E-state index is 0.0760. The molecular formula is C12H19NOS. The van der Waals surface area contributed by atoms with Crippen LogP contribution in [0.2, 0.25) is 0 Å². The van der Waals surface area contributed by atoms with Crippen LogP contribution in [-0.4, -0.2) is 12.9 Å². The molecule has 0 spiro atoms. The van der Waals surface area contributed by atoms with Crippen LogP contribution in [0.4, 0.5) is 0 Å². The Balaban J connectivity index is 3.06. The zero-order valence-corrected chi connectivity index (χ0v) is 10.5. The molecule has 0 fully saturated rings. The van der Waals surface area contributed by atoms with Crippen LogP contribution in [0.15, 0.2) is 12.1 Å². The van der Waals surface area contributed by atoms with Crippen LogP contribution in [0.5, 0.6) is 5.75 Å². The SMILES string of the molecule is COc1ccc(C(N)CCS)c(C)c1C. The van der Waals surface area contributed by atoms with Crippen molar-refractivity contribution in [1.29, 1.82) is 0 Å². The average molecular weight is 225 g/mol. The molecule has 84 valence electrons. The number of benzene rings is 1. The van der Waals surface area contributed by atoms with E-state index in [9.17, 15) is 0 Å². The minimum Gasteiger partial charge on any atom is -0.496 e. The van der Waals surface area contributed by atoms with E-state index in [0.29, 0.717) is 0 Å². The largest absolute Gasteiger partial charge is 0.496 e. The third kappa shape index (κ3) is 2.67. The van der Waals surface area contributed by atoms with Gasteiger partial charge in [-0.25, -0.2) is 0 Å². The zero-order valence-electron chi connectivity index (χ0n) is 9.58. The van der Waals surface area contributed by atoms with Gasteiger partial charge in [0.15, 0.2) is 0 Å². The maximum Gasteiger partial charge on any atom is 0.122 e. The van der Waals surface area contributed by atoms with Gasteiger partial charge in [0.1, 0.15) is 5.75 Å². The van der Waals surface area contributed by atoms with Crippen LogP contribution < -0.4 is 10.5 Å². The number of nitrogens with two attached hydrogens (primary N) is 1. The highest BCUT2D eigenvalue weighted by molar-refractivity contribution is 7.80. The van der Waals surface area contributed by atoms with Gasteiger partial charge in [0.2, 0.25) is 0 Å². The monoisotopic (exact) mass is 225 g/mol. The van der Waals surface area contributed by atoms with Crippen molar-refractivity contribution in [3.05, 3.63) is 28.8 Å². The lowest BCUT2D eigenvalue weighted by atomic mass is 9.96. The van der Waals surface area contributed by atoms with Crippen molar-refractivity contribution in [3.8, 4) is 5.75 Å². The molecule has 3 heteroatoms. The number of thiol groups is 1. The second kappa shape index (κ2) is 5.42.